The quantitative estimate of drug-likeness (QED) is 0.905. The molecule has 0 amide bonds. The number of anilines is 1. The van der Waals surface area contributed by atoms with Gasteiger partial charge in [-0.1, -0.05) is 6.92 Å². The third kappa shape index (κ3) is 2.55. The number of hydrogen-bond donors (Lipinski definition) is 1. The van der Waals surface area contributed by atoms with Gasteiger partial charge in [0.25, 0.3) is 0 Å². The van der Waals surface area contributed by atoms with Crippen molar-refractivity contribution in [2.45, 2.75) is 26.2 Å². The molecule has 1 aliphatic heterocycles. The molecule has 1 aromatic rings. The molecule has 0 atom stereocenters. The van der Waals surface area contributed by atoms with E-state index in [2.05, 4.69) is 11.0 Å². The number of aliphatic carboxylic acids is 1. The van der Waals surface area contributed by atoms with Crippen molar-refractivity contribution in [3.05, 3.63) is 29.8 Å². The number of carboxylic acids is 1. The van der Waals surface area contributed by atoms with E-state index in [9.17, 15) is 9.90 Å². The van der Waals surface area contributed by atoms with Crippen molar-refractivity contribution < 1.29 is 9.90 Å². The molecule has 1 N–H and O–H groups in total. The predicted molar refractivity (Wildman–Crippen MR) is 73.0 cm³/mol. The number of hydrogen-bond acceptors (Lipinski definition) is 3. The molecule has 4 nitrogen and oxygen atoms in total. The van der Waals surface area contributed by atoms with Crippen LogP contribution in [0.4, 0.5) is 5.69 Å². The molecule has 0 aromatic heterocycles. The van der Waals surface area contributed by atoms with E-state index in [1.807, 2.05) is 19.1 Å². The van der Waals surface area contributed by atoms with Crippen molar-refractivity contribution in [1.82, 2.24) is 0 Å². The first-order chi connectivity index (χ1) is 9.11. The topological polar surface area (TPSA) is 64.3 Å². The maximum Gasteiger partial charge on any atom is 0.309 e. The molecule has 0 spiro atoms. The van der Waals surface area contributed by atoms with Crippen LogP contribution < -0.4 is 4.90 Å². The van der Waals surface area contributed by atoms with Gasteiger partial charge in [-0.25, -0.2) is 0 Å². The highest BCUT2D eigenvalue weighted by molar-refractivity contribution is 5.75. The van der Waals surface area contributed by atoms with E-state index in [4.69, 9.17) is 5.26 Å². The summed E-state index contributed by atoms with van der Waals surface area (Å²) in [5, 5.41) is 18.1. The molecule has 19 heavy (non-hydrogen) atoms. The first-order valence-corrected chi connectivity index (χ1v) is 6.60. The number of piperidine rings is 1. The Morgan fingerprint density at radius 1 is 1.37 bits per heavy atom. The Labute approximate surface area is 113 Å². The molecule has 1 heterocycles. The van der Waals surface area contributed by atoms with E-state index in [-0.39, 0.29) is 0 Å². The Morgan fingerprint density at radius 2 is 1.95 bits per heavy atom. The maximum atomic E-state index is 11.4. The molecule has 4 heteroatoms. The van der Waals surface area contributed by atoms with Crippen LogP contribution in [0.3, 0.4) is 0 Å². The van der Waals surface area contributed by atoms with Crippen LogP contribution in [-0.2, 0) is 4.79 Å². The summed E-state index contributed by atoms with van der Waals surface area (Å²) in [5.41, 5.74) is 1.16. The van der Waals surface area contributed by atoms with Crippen molar-refractivity contribution in [2.75, 3.05) is 18.0 Å². The van der Waals surface area contributed by atoms with Crippen LogP contribution in [0.25, 0.3) is 0 Å². The largest absolute Gasteiger partial charge is 0.481 e. The fraction of sp³-hybridized carbons (Fsp3) is 0.467. The van der Waals surface area contributed by atoms with Crippen LogP contribution in [0.2, 0.25) is 0 Å². The van der Waals surface area contributed by atoms with E-state index in [1.165, 1.54) is 0 Å². The third-order valence-electron chi connectivity index (χ3n) is 4.21. The van der Waals surface area contributed by atoms with Gasteiger partial charge >= 0.3 is 5.97 Å². The zero-order chi connectivity index (χ0) is 13.9. The van der Waals surface area contributed by atoms with Crippen molar-refractivity contribution >= 4 is 11.7 Å². The fourth-order valence-electron chi connectivity index (χ4n) is 2.66. The van der Waals surface area contributed by atoms with Gasteiger partial charge in [-0.2, -0.15) is 5.26 Å². The van der Waals surface area contributed by atoms with Crippen LogP contribution in [0.15, 0.2) is 24.3 Å². The lowest BCUT2D eigenvalue weighted by atomic mass is 9.76. The predicted octanol–water partition coefficient (Wildman–Crippen LogP) is 2.64. The molecule has 1 saturated heterocycles. The van der Waals surface area contributed by atoms with Crippen LogP contribution >= 0.6 is 0 Å². The zero-order valence-corrected chi connectivity index (χ0v) is 11.1. The van der Waals surface area contributed by atoms with Crippen LogP contribution in [-0.4, -0.2) is 24.2 Å². The minimum absolute atomic E-state index is 0.552. The minimum atomic E-state index is -0.672. The van der Waals surface area contributed by atoms with Gasteiger partial charge in [-0.3, -0.25) is 4.79 Å². The molecule has 0 aliphatic carbocycles. The highest BCUT2D eigenvalue weighted by atomic mass is 16.4. The van der Waals surface area contributed by atoms with Crippen LogP contribution in [0.1, 0.15) is 31.7 Å². The molecular formula is C15H18N2O2. The number of rotatable bonds is 3. The molecule has 0 unspecified atom stereocenters. The Bertz CT molecular complexity index is 494. The Morgan fingerprint density at radius 3 is 2.37 bits per heavy atom. The summed E-state index contributed by atoms with van der Waals surface area (Å²) in [6.45, 7) is 3.46. The lowest BCUT2D eigenvalue weighted by molar-refractivity contribution is -0.150. The van der Waals surface area contributed by atoms with Crippen LogP contribution in [0.5, 0.6) is 0 Å². The average molecular weight is 258 g/mol. The second-order valence-corrected chi connectivity index (χ2v) is 5.08. The second-order valence-electron chi connectivity index (χ2n) is 5.08. The molecule has 1 aliphatic rings. The smallest absolute Gasteiger partial charge is 0.309 e. The molecule has 1 aromatic carbocycles. The van der Waals surface area contributed by atoms with E-state index in [1.54, 1.807) is 12.1 Å². The van der Waals surface area contributed by atoms with Gasteiger partial charge in [-0.15, -0.1) is 0 Å². The molecule has 0 bridgehead atoms. The first-order valence-electron chi connectivity index (χ1n) is 6.60. The summed E-state index contributed by atoms with van der Waals surface area (Å²) in [6.07, 6.45) is 2.04. The highest BCUT2D eigenvalue weighted by Gasteiger charge is 2.39. The highest BCUT2D eigenvalue weighted by Crippen LogP contribution is 2.36. The van der Waals surface area contributed by atoms with Gasteiger partial charge in [0, 0.05) is 18.8 Å². The third-order valence-corrected chi connectivity index (χ3v) is 4.21. The summed E-state index contributed by atoms with van der Waals surface area (Å²) in [5.74, 6) is -0.672. The standard InChI is InChI=1S/C15H18N2O2/c1-2-15(14(18)19)7-9-17(10-8-15)13-5-3-12(11-16)4-6-13/h3-6H,2,7-10H2,1H3,(H,18,19). The molecule has 100 valence electrons. The van der Waals surface area contributed by atoms with Gasteiger partial charge in [0.05, 0.1) is 17.0 Å². The van der Waals surface area contributed by atoms with Crippen molar-refractivity contribution in [3.63, 3.8) is 0 Å². The molecular weight excluding hydrogens is 240 g/mol. The summed E-state index contributed by atoms with van der Waals surface area (Å²) >= 11 is 0. The Hall–Kier alpha value is -2.02. The normalized spacial score (nSPS) is 17.8. The Kier molecular flexibility index (Phi) is 3.75. The van der Waals surface area contributed by atoms with Gasteiger partial charge in [-0.05, 0) is 43.5 Å². The molecule has 1 fully saturated rings. The molecule has 0 radical (unpaired) electrons. The van der Waals surface area contributed by atoms with Crippen LogP contribution in [0, 0.1) is 16.7 Å². The number of carbonyl (C=O) groups is 1. The maximum absolute atomic E-state index is 11.4. The number of nitrogens with zero attached hydrogens (tertiary/aromatic N) is 2. The number of nitriles is 1. The molecule has 0 saturated carbocycles. The summed E-state index contributed by atoms with van der Waals surface area (Å²) in [7, 11) is 0. The average Bonchev–Trinajstić information content (AvgIpc) is 2.47. The summed E-state index contributed by atoms with van der Waals surface area (Å²) in [6, 6.07) is 9.56. The van der Waals surface area contributed by atoms with Crippen molar-refractivity contribution in [3.8, 4) is 6.07 Å². The van der Waals surface area contributed by atoms with Gasteiger partial charge < -0.3 is 10.0 Å². The SMILES string of the molecule is CCC1(C(=O)O)CCN(c2ccc(C#N)cc2)CC1. The zero-order valence-electron chi connectivity index (χ0n) is 11.1. The fourth-order valence-corrected chi connectivity index (χ4v) is 2.66. The summed E-state index contributed by atoms with van der Waals surface area (Å²) < 4.78 is 0. The lowest BCUT2D eigenvalue weighted by Crippen LogP contribution is -2.44. The minimum Gasteiger partial charge on any atom is -0.481 e. The van der Waals surface area contributed by atoms with Gasteiger partial charge in [0.1, 0.15) is 0 Å². The van der Waals surface area contributed by atoms with E-state index in [0.29, 0.717) is 24.8 Å². The lowest BCUT2D eigenvalue weighted by Gasteiger charge is -2.39. The first kappa shape index (κ1) is 13.4. The van der Waals surface area contributed by atoms with E-state index < -0.39 is 11.4 Å². The molecule has 2 rings (SSSR count). The second kappa shape index (κ2) is 5.31. The van der Waals surface area contributed by atoms with E-state index >= 15 is 0 Å². The number of carboxylic acid groups (broad SMARTS) is 1. The number of benzene rings is 1. The van der Waals surface area contributed by atoms with Gasteiger partial charge in [0.15, 0.2) is 0 Å². The van der Waals surface area contributed by atoms with Crippen molar-refractivity contribution in [1.29, 1.82) is 5.26 Å². The Balaban J connectivity index is 2.07. The van der Waals surface area contributed by atoms with E-state index in [0.717, 1.165) is 18.8 Å². The van der Waals surface area contributed by atoms with Gasteiger partial charge in [0.2, 0.25) is 0 Å². The van der Waals surface area contributed by atoms with Crippen molar-refractivity contribution in [2.24, 2.45) is 5.41 Å². The summed E-state index contributed by atoms with van der Waals surface area (Å²) in [4.78, 5) is 13.6. The monoisotopic (exact) mass is 258 g/mol.